The first-order valence-electron chi connectivity index (χ1n) is 14.0. The van der Waals surface area contributed by atoms with Gasteiger partial charge in [0.2, 0.25) is 0 Å². The van der Waals surface area contributed by atoms with Crippen molar-refractivity contribution < 1.29 is 49.0 Å². The molecular formula is C38H40Cl2SZr-2. The molecule has 6 rings (SSSR count). The van der Waals surface area contributed by atoms with E-state index >= 15 is 0 Å². The number of hydrogen-bond donors (Lipinski definition) is 0. The Morgan fingerprint density at radius 3 is 2.02 bits per heavy atom. The van der Waals surface area contributed by atoms with Crippen LogP contribution < -0.4 is 24.8 Å². The normalized spacial score (nSPS) is 11.3. The fourth-order valence-corrected chi connectivity index (χ4v) is 5.96. The number of thiophene rings is 1. The van der Waals surface area contributed by atoms with Gasteiger partial charge in [-0.3, -0.25) is 0 Å². The monoisotopic (exact) mass is 688 g/mol. The second-order valence-electron chi connectivity index (χ2n) is 12.4. The Labute approximate surface area is 285 Å². The van der Waals surface area contributed by atoms with Gasteiger partial charge in [0.1, 0.15) is 0 Å². The average molecular weight is 691 g/mol. The van der Waals surface area contributed by atoms with Gasteiger partial charge >= 0.3 is 70.3 Å². The second-order valence-corrected chi connectivity index (χ2v) is 14.2. The van der Waals surface area contributed by atoms with Crippen molar-refractivity contribution in [2.75, 3.05) is 0 Å². The van der Waals surface area contributed by atoms with E-state index in [9.17, 15) is 0 Å². The first kappa shape index (κ1) is 36.2. The van der Waals surface area contributed by atoms with Crippen LogP contribution in [0.15, 0.2) is 102 Å². The number of hydrogen-bond acceptors (Lipinski definition) is 1. The molecule has 0 bridgehead atoms. The Morgan fingerprint density at radius 1 is 0.810 bits per heavy atom. The quantitative estimate of drug-likeness (QED) is 0.242. The molecule has 0 atom stereocenters. The minimum atomic E-state index is 0. The van der Waals surface area contributed by atoms with E-state index in [0.29, 0.717) is 0 Å². The molecule has 0 spiro atoms. The molecule has 0 nitrogen and oxygen atoms in total. The van der Waals surface area contributed by atoms with Gasteiger partial charge in [0.05, 0.1) is 0 Å². The van der Waals surface area contributed by atoms with Gasteiger partial charge in [-0.25, -0.2) is 11.3 Å². The van der Waals surface area contributed by atoms with E-state index in [1.807, 2.05) is 6.07 Å². The van der Waals surface area contributed by atoms with Crippen molar-refractivity contribution in [2.24, 2.45) is 0 Å². The fourth-order valence-electron chi connectivity index (χ4n) is 4.71. The van der Waals surface area contributed by atoms with Gasteiger partial charge in [0.15, 0.2) is 0 Å². The molecular weight excluding hydrogens is 651 g/mol. The van der Waals surface area contributed by atoms with Crippen LogP contribution in [0.2, 0.25) is 0 Å². The van der Waals surface area contributed by atoms with Gasteiger partial charge in [0, 0.05) is 0 Å². The molecule has 1 aliphatic carbocycles. The molecule has 5 aromatic rings. The zero-order valence-corrected chi connectivity index (χ0v) is 30.3. The molecule has 0 unspecified atom stereocenters. The Balaban J connectivity index is 0.000000245. The van der Waals surface area contributed by atoms with Crippen LogP contribution in [0.25, 0.3) is 22.3 Å². The summed E-state index contributed by atoms with van der Waals surface area (Å²) in [5.41, 5.74) is 12.8. The van der Waals surface area contributed by atoms with Crippen LogP contribution in [0, 0.1) is 6.07 Å². The molecule has 1 aliphatic rings. The summed E-state index contributed by atoms with van der Waals surface area (Å²) in [4.78, 5) is 0. The Bertz CT molecular complexity index is 1410. The zero-order chi connectivity index (χ0) is 28.8. The summed E-state index contributed by atoms with van der Waals surface area (Å²) in [5.74, 6) is 0. The van der Waals surface area contributed by atoms with Crippen LogP contribution in [0.4, 0.5) is 0 Å². The molecule has 0 aliphatic heterocycles. The number of halogens is 2. The standard InChI is InChI=1S/C21H25.C9H7S.C8H8.2ClH.Zr/c1-20(2,3)16-9-7-14-11-15-8-10-17(21(4,5)6)13-19(15)18(14)12-16;1-2-4-8(3-1)9-5-6-10-7-9;1-2-8-6-4-3-5-7-8;;;/h7,9-10,12-13H,11H2,1-6H3;1-7H;1,3-7H,2H2;2*1H;/q2*-1;;;;+2/p-2. The summed E-state index contributed by atoms with van der Waals surface area (Å²) >= 11 is 3.25. The minimum absolute atomic E-state index is 0. The summed E-state index contributed by atoms with van der Waals surface area (Å²) in [7, 11) is 0. The van der Waals surface area contributed by atoms with E-state index in [2.05, 4.69) is 147 Å². The van der Waals surface area contributed by atoms with E-state index in [1.54, 1.807) is 11.3 Å². The largest absolute Gasteiger partial charge is 0.201 e. The van der Waals surface area contributed by atoms with Crippen LogP contribution in [0.1, 0.15) is 69.4 Å². The summed E-state index contributed by atoms with van der Waals surface area (Å²) in [6, 6.07) is 36.1. The first-order chi connectivity index (χ1) is 19.1. The Hall–Kier alpha value is -1.96. The van der Waals surface area contributed by atoms with Gasteiger partial charge in [-0.2, -0.15) is 41.5 Å². The molecule has 0 N–H and O–H groups in total. The second kappa shape index (κ2) is 16.2. The third-order valence-electron chi connectivity index (χ3n) is 7.22. The van der Waals surface area contributed by atoms with Gasteiger partial charge < -0.3 is 24.8 Å². The first-order valence-corrected chi connectivity index (χ1v) is 16.4. The van der Waals surface area contributed by atoms with E-state index in [4.69, 9.17) is 0 Å². The van der Waals surface area contributed by atoms with Crippen LogP contribution in [0.5, 0.6) is 0 Å². The summed E-state index contributed by atoms with van der Waals surface area (Å²) in [6.45, 7) is 13.6. The van der Waals surface area contributed by atoms with Crippen molar-refractivity contribution in [2.45, 2.75) is 65.2 Å². The molecule has 0 saturated heterocycles. The maximum Gasteiger partial charge on any atom is -0.0501 e. The third-order valence-corrected chi connectivity index (χ3v) is 8.41. The summed E-state index contributed by atoms with van der Waals surface area (Å²) in [6.07, 6.45) is 2.15. The van der Waals surface area contributed by atoms with Crippen molar-refractivity contribution in [1.82, 2.24) is 0 Å². The molecule has 4 aromatic carbocycles. The van der Waals surface area contributed by atoms with Crippen LogP contribution in [-0.4, -0.2) is 3.71 Å². The van der Waals surface area contributed by atoms with Crippen molar-refractivity contribution in [1.29, 1.82) is 0 Å². The van der Waals surface area contributed by atoms with Crippen molar-refractivity contribution in [3.05, 3.63) is 136 Å². The molecule has 4 heteroatoms. The van der Waals surface area contributed by atoms with Crippen molar-refractivity contribution >= 4 is 15.0 Å². The molecule has 0 fully saturated rings. The zero-order valence-electron chi connectivity index (χ0n) is 25.5. The van der Waals surface area contributed by atoms with Crippen LogP contribution in [0.3, 0.4) is 0 Å². The molecule has 1 aromatic heterocycles. The topological polar surface area (TPSA) is 0 Å². The Kier molecular flexibility index (Phi) is 14.0. The maximum absolute atomic E-state index is 3.53. The average Bonchev–Trinajstić information content (AvgIpc) is 3.70. The van der Waals surface area contributed by atoms with Crippen LogP contribution >= 0.6 is 11.3 Å². The van der Waals surface area contributed by atoms with Gasteiger partial charge in [-0.1, -0.05) is 92.6 Å². The fraction of sp³-hybridized carbons (Fsp3) is 0.263. The molecule has 0 amide bonds. The van der Waals surface area contributed by atoms with E-state index in [1.165, 1.54) is 74.3 Å². The van der Waals surface area contributed by atoms with E-state index < -0.39 is 0 Å². The molecule has 0 saturated carbocycles. The molecule has 1 heterocycles. The summed E-state index contributed by atoms with van der Waals surface area (Å²) < 4.78 is 2.25. The predicted molar refractivity (Wildman–Crippen MR) is 172 cm³/mol. The number of fused-ring (bicyclic) bond motifs is 3. The van der Waals surface area contributed by atoms with Crippen molar-refractivity contribution in [3.8, 4) is 22.3 Å². The van der Waals surface area contributed by atoms with Crippen molar-refractivity contribution in [3.63, 3.8) is 0 Å². The number of benzene rings is 3. The molecule has 42 heavy (non-hydrogen) atoms. The molecule has 218 valence electrons. The SMILES string of the molecule is CC(C)(C)c1c[c-]c2c(c1)-c1cc(C(C)(C)C)ccc1C2.[Cl-].[Cl-].[Zr+2]=[CH]Cc1ccccc1.c1cc[c-](-c2ccsc2)c1. The number of rotatable bonds is 3. The maximum atomic E-state index is 3.53. The smallest absolute Gasteiger partial charge is 0.0501 e. The Morgan fingerprint density at radius 2 is 1.45 bits per heavy atom. The predicted octanol–water partition coefficient (Wildman–Crippen LogP) is 4.37. The summed E-state index contributed by atoms with van der Waals surface area (Å²) in [5, 5.41) is 4.26. The van der Waals surface area contributed by atoms with E-state index in [0.717, 1.165) is 12.8 Å². The minimum Gasteiger partial charge on any atom is -0.201 e. The van der Waals surface area contributed by atoms with Gasteiger partial charge in [0.25, 0.3) is 0 Å². The third kappa shape index (κ3) is 9.78. The van der Waals surface area contributed by atoms with Gasteiger partial charge in [-0.15, -0.1) is 29.3 Å². The molecule has 0 radical (unpaired) electrons. The van der Waals surface area contributed by atoms with Gasteiger partial charge in [-0.05, 0) is 17.4 Å². The van der Waals surface area contributed by atoms with Crippen LogP contribution in [-0.2, 0) is 47.9 Å². The van der Waals surface area contributed by atoms with E-state index in [-0.39, 0.29) is 35.6 Å².